The zero-order valence-electron chi connectivity index (χ0n) is 14.1. The standard InChI is InChI=1S/C20H22O4/c1-22-10-3-4-11-15-12(7-10)13(21)8-19-5-6-20(23-2)14(9-19)24-18(11)17(20)16(15)19/h3,7,14,16-18H,4-6,8-9H2,1-2H3/t14?,16?,17?,18-,19-,20+/m0/s1. The molecule has 6 atom stereocenters. The van der Waals surface area contributed by atoms with Gasteiger partial charge in [0.25, 0.3) is 0 Å². The average Bonchev–Trinajstić information content (AvgIpc) is 2.94. The van der Waals surface area contributed by atoms with Gasteiger partial charge in [-0.05, 0) is 60.3 Å². The number of hydrogen-bond donors (Lipinski definition) is 0. The van der Waals surface area contributed by atoms with Crippen molar-refractivity contribution in [2.75, 3.05) is 14.2 Å². The molecule has 4 nitrogen and oxygen atoms in total. The van der Waals surface area contributed by atoms with Gasteiger partial charge in [0.15, 0.2) is 5.78 Å². The number of Topliss-reactive ketones (excluding diaryl/α,β-unsaturated/α-hetero) is 1. The minimum Gasteiger partial charge on any atom is -0.497 e. The number of ketones is 1. The zero-order valence-corrected chi connectivity index (χ0v) is 14.1. The van der Waals surface area contributed by atoms with E-state index in [0.717, 1.165) is 37.0 Å². The Hall–Kier alpha value is -1.39. The van der Waals surface area contributed by atoms with E-state index in [4.69, 9.17) is 14.2 Å². The Morgan fingerprint density at radius 3 is 2.96 bits per heavy atom. The fraction of sp³-hybridized carbons (Fsp3) is 0.650. The van der Waals surface area contributed by atoms with Crippen LogP contribution in [0.25, 0.3) is 0 Å². The van der Waals surface area contributed by atoms with Crippen LogP contribution in [0.4, 0.5) is 0 Å². The summed E-state index contributed by atoms with van der Waals surface area (Å²) in [5.74, 6) is 1.93. The molecular weight excluding hydrogens is 304 g/mol. The molecule has 1 aliphatic heterocycles. The molecule has 3 unspecified atom stereocenters. The first-order valence-corrected chi connectivity index (χ1v) is 9.06. The van der Waals surface area contributed by atoms with Crippen LogP contribution < -0.4 is 0 Å². The second-order valence-electron chi connectivity index (χ2n) is 8.39. The summed E-state index contributed by atoms with van der Waals surface area (Å²) in [4.78, 5) is 13.1. The van der Waals surface area contributed by atoms with Crippen molar-refractivity contribution in [3.8, 4) is 0 Å². The van der Waals surface area contributed by atoms with Crippen molar-refractivity contribution in [3.63, 3.8) is 0 Å². The van der Waals surface area contributed by atoms with Gasteiger partial charge in [-0.3, -0.25) is 4.79 Å². The van der Waals surface area contributed by atoms with E-state index in [9.17, 15) is 4.79 Å². The summed E-state index contributed by atoms with van der Waals surface area (Å²) in [6.45, 7) is 0. The van der Waals surface area contributed by atoms with Crippen LogP contribution in [0, 0.1) is 17.3 Å². The second kappa shape index (κ2) is 4.05. The van der Waals surface area contributed by atoms with Crippen LogP contribution >= 0.6 is 0 Å². The third-order valence-electron chi connectivity index (χ3n) is 7.90. The number of rotatable bonds is 2. The van der Waals surface area contributed by atoms with E-state index in [-0.39, 0.29) is 23.2 Å². The Morgan fingerprint density at radius 2 is 2.17 bits per heavy atom. The van der Waals surface area contributed by atoms with Crippen molar-refractivity contribution in [2.45, 2.75) is 49.9 Å². The molecule has 1 heterocycles. The van der Waals surface area contributed by atoms with E-state index in [1.165, 1.54) is 11.1 Å². The number of ether oxygens (including phenoxy) is 3. The molecule has 7 aliphatic rings. The summed E-state index contributed by atoms with van der Waals surface area (Å²) < 4.78 is 18.2. The van der Waals surface area contributed by atoms with Gasteiger partial charge in [0.05, 0.1) is 19.3 Å². The summed E-state index contributed by atoms with van der Waals surface area (Å²) in [6.07, 6.45) is 8.96. The van der Waals surface area contributed by atoms with Crippen molar-refractivity contribution < 1.29 is 19.0 Å². The summed E-state index contributed by atoms with van der Waals surface area (Å²) >= 11 is 0. The van der Waals surface area contributed by atoms with E-state index in [1.807, 2.05) is 13.2 Å². The SMILES string of the molecule is COC1=CCC2=C3C(=C1)C(=O)C[C@@]14CC[C@@]5(OC)C(C1)O[C@@H]2C5C34. The molecule has 0 aromatic carbocycles. The Balaban J connectivity index is 1.61. The lowest BCUT2D eigenvalue weighted by molar-refractivity contribution is -0.194. The fourth-order valence-electron chi connectivity index (χ4n) is 7.05. The predicted molar refractivity (Wildman–Crippen MR) is 86.1 cm³/mol. The normalized spacial score (nSPS) is 50.0. The highest BCUT2D eigenvalue weighted by atomic mass is 16.6. The lowest BCUT2D eigenvalue weighted by Crippen LogP contribution is -2.64. The first-order chi connectivity index (χ1) is 11.6. The summed E-state index contributed by atoms with van der Waals surface area (Å²) in [7, 11) is 3.53. The van der Waals surface area contributed by atoms with Crippen LogP contribution in [-0.2, 0) is 19.0 Å². The highest BCUT2D eigenvalue weighted by Gasteiger charge is 2.76. The minimum absolute atomic E-state index is 0.105. The molecule has 1 spiro atoms. The van der Waals surface area contributed by atoms with Gasteiger partial charge >= 0.3 is 0 Å². The molecule has 4 saturated carbocycles. The summed E-state index contributed by atoms with van der Waals surface area (Å²) in [5, 5.41) is 0. The monoisotopic (exact) mass is 326 g/mol. The van der Waals surface area contributed by atoms with Crippen LogP contribution in [0.5, 0.6) is 0 Å². The van der Waals surface area contributed by atoms with Crippen molar-refractivity contribution in [1.29, 1.82) is 0 Å². The quantitative estimate of drug-likeness (QED) is 0.783. The Kier molecular flexibility index (Phi) is 2.34. The van der Waals surface area contributed by atoms with Crippen LogP contribution in [0.3, 0.4) is 0 Å². The molecule has 5 fully saturated rings. The third kappa shape index (κ3) is 1.25. The molecule has 0 aromatic rings. The van der Waals surface area contributed by atoms with Crippen molar-refractivity contribution in [3.05, 3.63) is 34.6 Å². The predicted octanol–water partition coefficient (Wildman–Crippen LogP) is 2.70. The van der Waals surface area contributed by atoms with Crippen molar-refractivity contribution >= 4 is 5.78 Å². The van der Waals surface area contributed by atoms with Crippen molar-refractivity contribution in [2.24, 2.45) is 17.3 Å². The first-order valence-electron chi connectivity index (χ1n) is 9.06. The van der Waals surface area contributed by atoms with E-state index in [2.05, 4.69) is 6.08 Å². The van der Waals surface area contributed by atoms with E-state index >= 15 is 0 Å². The van der Waals surface area contributed by atoms with Crippen LogP contribution in [0.1, 0.15) is 32.1 Å². The highest BCUT2D eigenvalue weighted by molar-refractivity contribution is 6.03. The number of carbonyl (C=O) groups is 1. The first kappa shape index (κ1) is 13.9. The molecule has 6 aliphatic carbocycles. The maximum atomic E-state index is 13.1. The van der Waals surface area contributed by atoms with Gasteiger partial charge in [0.1, 0.15) is 11.4 Å². The van der Waals surface area contributed by atoms with E-state index in [1.54, 1.807) is 7.11 Å². The summed E-state index contributed by atoms with van der Waals surface area (Å²) in [5.41, 5.74) is 3.48. The lowest BCUT2D eigenvalue weighted by Gasteiger charge is -2.61. The van der Waals surface area contributed by atoms with Crippen LogP contribution in [0.2, 0.25) is 0 Å². The van der Waals surface area contributed by atoms with E-state index in [0.29, 0.717) is 24.0 Å². The van der Waals surface area contributed by atoms with Gasteiger partial charge in [-0.15, -0.1) is 0 Å². The molecule has 0 N–H and O–H groups in total. The Bertz CT molecular complexity index is 775. The third-order valence-corrected chi connectivity index (χ3v) is 7.90. The van der Waals surface area contributed by atoms with Gasteiger partial charge in [0, 0.05) is 25.0 Å². The molecule has 4 bridgehead atoms. The molecule has 0 amide bonds. The number of carbonyl (C=O) groups excluding carboxylic acids is 1. The van der Waals surface area contributed by atoms with E-state index < -0.39 is 0 Å². The number of hydrogen-bond acceptors (Lipinski definition) is 4. The number of methoxy groups -OCH3 is 2. The fourth-order valence-corrected chi connectivity index (χ4v) is 7.05. The molecule has 1 saturated heterocycles. The van der Waals surface area contributed by atoms with Crippen molar-refractivity contribution in [1.82, 2.24) is 0 Å². The maximum Gasteiger partial charge on any atom is 0.163 e. The molecular formula is C20H22O4. The maximum absolute atomic E-state index is 13.1. The topological polar surface area (TPSA) is 44.8 Å². The molecule has 4 heteroatoms. The Morgan fingerprint density at radius 1 is 1.29 bits per heavy atom. The van der Waals surface area contributed by atoms with Gasteiger partial charge < -0.3 is 14.2 Å². The zero-order chi connectivity index (χ0) is 16.3. The molecule has 24 heavy (non-hydrogen) atoms. The molecule has 126 valence electrons. The summed E-state index contributed by atoms with van der Waals surface area (Å²) in [6, 6.07) is 0. The number of allylic oxidation sites excluding steroid dienone is 4. The van der Waals surface area contributed by atoms with Gasteiger partial charge in [0.2, 0.25) is 0 Å². The van der Waals surface area contributed by atoms with Gasteiger partial charge in [-0.2, -0.15) is 0 Å². The molecule has 7 rings (SSSR count). The molecule has 0 radical (unpaired) electrons. The minimum atomic E-state index is -0.136. The lowest BCUT2D eigenvalue weighted by atomic mass is 9.44. The largest absolute Gasteiger partial charge is 0.497 e. The second-order valence-corrected chi connectivity index (χ2v) is 8.39. The van der Waals surface area contributed by atoms with Gasteiger partial charge in [-0.25, -0.2) is 0 Å². The van der Waals surface area contributed by atoms with Crippen LogP contribution in [0.15, 0.2) is 34.6 Å². The van der Waals surface area contributed by atoms with Crippen LogP contribution in [-0.4, -0.2) is 37.8 Å². The Labute approximate surface area is 141 Å². The van der Waals surface area contributed by atoms with Gasteiger partial charge in [-0.1, -0.05) is 0 Å². The average molecular weight is 326 g/mol. The number of fused-ring (bicyclic) bond motifs is 2. The highest BCUT2D eigenvalue weighted by Crippen LogP contribution is 2.74. The smallest absolute Gasteiger partial charge is 0.163 e. The molecule has 0 aromatic heterocycles.